The summed E-state index contributed by atoms with van der Waals surface area (Å²) in [5.41, 5.74) is -1.21. The van der Waals surface area contributed by atoms with E-state index in [0.717, 1.165) is 0 Å². The summed E-state index contributed by atoms with van der Waals surface area (Å²) in [6.45, 7) is 6.77. The van der Waals surface area contributed by atoms with Gasteiger partial charge in [0.1, 0.15) is 0 Å². The molecule has 1 atom stereocenters. The van der Waals surface area contributed by atoms with Crippen LogP contribution in [0.5, 0.6) is 0 Å². The van der Waals surface area contributed by atoms with Gasteiger partial charge in [0, 0.05) is 26.7 Å². The highest BCUT2D eigenvalue weighted by Crippen LogP contribution is 2.34. The van der Waals surface area contributed by atoms with E-state index in [4.69, 9.17) is 4.74 Å². The molecule has 1 saturated heterocycles. The van der Waals surface area contributed by atoms with E-state index in [1.165, 1.54) is 0 Å². The molecule has 0 aromatic rings. The zero-order valence-electron chi connectivity index (χ0n) is 12.2. The summed E-state index contributed by atoms with van der Waals surface area (Å²) in [6.07, 6.45) is 1.05. The number of carboxylic acid groups (broad SMARTS) is 1. The van der Waals surface area contributed by atoms with Crippen LogP contribution in [0.2, 0.25) is 0 Å². The van der Waals surface area contributed by atoms with Crippen LogP contribution in [0.25, 0.3) is 0 Å². The number of rotatable bonds is 5. The molecule has 0 aromatic heterocycles. The molecule has 1 fully saturated rings. The van der Waals surface area contributed by atoms with Crippen molar-refractivity contribution in [3.63, 3.8) is 0 Å². The van der Waals surface area contributed by atoms with Gasteiger partial charge in [-0.05, 0) is 26.7 Å². The van der Waals surface area contributed by atoms with Crippen LogP contribution in [0, 0.1) is 5.41 Å². The quantitative estimate of drug-likeness (QED) is 0.791. The second-order valence-corrected chi connectivity index (χ2v) is 5.73. The van der Waals surface area contributed by atoms with E-state index in [0.29, 0.717) is 25.9 Å². The molecule has 19 heavy (non-hydrogen) atoms. The fourth-order valence-corrected chi connectivity index (χ4v) is 2.13. The molecule has 0 aromatic carbocycles. The van der Waals surface area contributed by atoms with Crippen molar-refractivity contribution in [1.29, 1.82) is 0 Å². The van der Waals surface area contributed by atoms with Gasteiger partial charge in [0.25, 0.3) is 0 Å². The van der Waals surface area contributed by atoms with Gasteiger partial charge in [-0.15, -0.1) is 0 Å². The van der Waals surface area contributed by atoms with Gasteiger partial charge in [0.15, 0.2) is 0 Å². The molecule has 1 unspecified atom stereocenters. The molecule has 6 nitrogen and oxygen atoms in total. The minimum absolute atomic E-state index is 0.221. The van der Waals surface area contributed by atoms with E-state index in [9.17, 15) is 14.7 Å². The Hall–Kier alpha value is -1.30. The van der Waals surface area contributed by atoms with Gasteiger partial charge in [-0.1, -0.05) is 6.92 Å². The highest BCUT2D eigenvalue weighted by molar-refractivity contribution is 5.79. The molecular formula is C13H24N2O4. The number of carbonyl (C=O) groups excluding carboxylic acids is 1. The first-order chi connectivity index (χ1) is 8.76. The lowest BCUT2D eigenvalue weighted by Crippen LogP contribution is -2.46. The summed E-state index contributed by atoms with van der Waals surface area (Å²) in [7, 11) is 1.59. The number of hydrogen-bond acceptors (Lipinski definition) is 3. The van der Waals surface area contributed by atoms with E-state index in [1.807, 2.05) is 20.8 Å². The van der Waals surface area contributed by atoms with Crippen molar-refractivity contribution in [3.8, 4) is 0 Å². The molecule has 1 rings (SSSR count). The average molecular weight is 272 g/mol. The molecule has 1 aliphatic rings. The third-order valence-electron chi connectivity index (χ3n) is 3.99. The summed E-state index contributed by atoms with van der Waals surface area (Å²) in [6, 6.07) is -0.221. The minimum Gasteiger partial charge on any atom is -0.481 e. The van der Waals surface area contributed by atoms with Gasteiger partial charge < -0.3 is 20.1 Å². The van der Waals surface area contributed by atoms with Crippen molar-refractivity contribution in [1.82, 2.24) is 10.2 Å². The van der Waals surface area contributed by atoms with Crippen LogP contribution in [-0.2, 0) is 9.53 Å². The normalized spacial score (nSPS) is 23.5. The smallest absolute Gasteiger partial charge is 0.317 e. The zero-order chi connectivity index (χ0) is 14.7. The van der Waals surface area contributed by atoms with Gasteiger partial charge >= 0.3 is 12.0 Å². The molecule has 6 heteroatoms. The number of amides is 2. The van der Waals surface area contributed by atoms with Crippen LogP contribution in [0.1, 0.15) is 33.6 Å². The molecule has 0 spiro atoms. The Labute approximate surface area is 114 Å². The predicted molar refractivity (Wildman–Crippen MR) is 71.0 cm³/mol. The second-order valence-electron chi connectivity index (χ2n) is 5.73. The number of hydrogen-bond donors (Lipinski definition) is 2. The highest BCUT2D eigenvalue weighted by atomic mass is 16.5. The predicted octanol–water partition coefficient (Wildman–Crippen LogP) is 1.31. The number of urea groups is 1. The van der Waals surface area contributed by atoms with Crippen LogP contribution in [0.15, 0.2) is 0 Å². The van der Waals surface area contributed by atoms with E-state index >= 15 is 0 Å². The fourth-order valence-electron chi connectivity index (χ4n) is 2.13. The Morgan fingerprint density at radius 1 is 1.47 bits per heavy atom. The number of methoxy groups -OCH3 is 1. The Bertz CT molecular complexity index is 357. The Morgan fingerprint density at radius 3 is 2.53 bits per heavy atom. The maximum absolute atomic E-state index is 12.0. The van der Waals surface area contributed by atoms with Crippen molar-refractivity contribution in [2.75, 3.05) is 26.7 Å². The summed E-state index contributed by atoms with van der Waals surface area (Å²) in [5.74, 6) is -0.817. The van der Waals surface area contributed by atoms with Crippen LogP contribution >= 0.6 is 0 Å². The van der Waals surface area contributed by atoms with Gasteiger partial charge in [0.2, 0.25) is 0 Å². The van der Waals surface area contributed by atoms with Gasteiger partial charge in [0.05, 0.1) is 11.0 Å². The third-order valence-corrected chi connectivity index (χ3v) is 3.99. The first-order valence-electron chi connectivity index (χ1n) is 6.58. The molecule has 0 aliphatic carbocycles. The van der Waals surface area contributed by atoms with Gasteiger partial charge in [-0.3, -0.25) is 4.79 Å². The lowest BCUT2D eigenvalue weighted by molar-refractivity contribution is -0.148. The van der Waals surface area contributed by atoms with E-state index in [1.54, 1.807) is 12.0 Å². The summed E-state index contributed by atoms with van der Waals surface area (Å²) < 4.78 is 5.22. The molecule has 0 saturated carbocycles. The summed E-state index contributed by atoms with van der Waals surface area (Å²) >= 11 is 0. The van der Waals surface area contributed by atoms with E-state index < -0.39 is 17.0 Å². The van der Waals surface area contributed by atoms with Gasteiger partial charge in [-0.25, -0.2) is 4.79 Å². The van der Waals surface area contributed by atoms with Gasteiger partial charge in [-0.2, -0.15) is 0 Å². The number of nitrogens with zero attached hydrogens (tertiary/aromatic N) is 1. The standard InChI is InChI=1S/C13H24N2O4/c1-5-13(10(16)17)6-7-15(9-13)11(18)14-8-12(2,3)19-4/h5-9H2,1-4H3,(H,14,18)(H,16,17). The molecule has 1 heterocycles. The average Bonchev–Trinajstić information content (AvgIpc) is 2.82. The van der Waals surface area contributed by atoms with E-state index in [2.05, 4.69) is 5.32 Å². The first-order valence-corrected chi connectivity index (χ1v) is 6.58. The number of aliphatic carboxylic acids is 1. The number of carboxylic acids is 1. The summed E-state index contributed by atoms with van der Waals surface area (Å²) in [4.78, 5) is 24.9. The molecule has 110 valence electrons. The second kappa shape index (κ2) is 5.77. The molecule has 2 N–H and O–H groups in total. The van der Waals surface area contributed by atoms with Crippen LogP contribution in [-0.4, -0.2) is 54.4 Å². The third kappa shape index (κ3) is 3.59. The fraction of sp³-hybridized carbons (Fsp3) is 0.846. The maximum Gasteiger partial charge on any atom is 0.317 e. The Morgan fingerprint density at radius 2 is 2.11 bits per heavy atom. The van der Waals surface area contributed by atoms with Crippen LogP contribution < -0.4 is 5.32 Å². The van der Waals surface area contributed by atoms with E-state index in [-0.39, 0.29) is 12.6 Å². The highest BCUT2D eigenvalue weighted by Gasteiger charge is 2.44. The van der Waals surface area contributed by atoms with Crippen molar-refractivity contribution < 1.29 is 19.4 Å². The lowest BCUT2D eigenvalue weighted by atomic mass is 9.84. The molecule has 1 aliphatic heterocycles. The van der Waals surface area contributed by atoms with Crippen molar-refractivity contribution >= 4 is 12.0 Å². The van der Waals surface area contributed by atoms with Crippen molar-refractivity contribution in [2.45, 2.75) is 39.2 Å². The maximum atomic E-state index is 12.0. The van der Waals surface area contributed by atoms with Crippen molar-refractivity contribution in [2.24, 2.45) is 5.41 Å². The largest absolute Gasteiger partial charge is 0.481 e. The monoisotopic (exact) mass is 272 g/mol. The van der Waals surface area contributed by atoms with Crippen LogP contribution in [0.3, 0.4) is 0 Å². The van der Waals surface area contributed by atoms with Crippen LogP contribution in [0.4, 0.5) is 4.79 Å². The Kier molecular flexibility index (Phi) is 4.79. The molecule has 0 bridgehead atoms. The number of nitrogens with one attached hydrogen (secondary N) is 1. The zero-order valence-corrected chi connectivity index (χ0v) is 12.2. The summed E-state index contributed by atoms with van der Waals surface area (Å²) in [5, 5.41) is 12.1. The molecular weight excluding hydrogens is 248 g/mol. The minimum atomic E-state index is -0.817. The number of carbonyl (C=O) groups is 2. The molecule has 0 radical (unpaired) electrons. The number of ether oxygens (including phenoxy) is 1. The number of likely N-dealkylation sites (tertiary alicyclic amines) is 1. The van der Waals surface area contributed by atoms with Crippen molar-refractivity contribution in [3.05, 3.63) is 0 Å². The SMILES string of the molecule is CCC1(C(=O)O)CCN(C(=O)NCC(C)(C)OC)C1. The first kappa shape index (κ1) is 15.8. The molecule has 2 amide bonds. The Balaban J connectivity index is 2.55. The topological polar surface area (TPSA) is 78.9 Å². The lowest BCUT2D eigenvalue weighted by Gasteiger charge is -2.26.